The molecular weight excluding hydrogens is 1180 g/mol. The Kier molecular flexibility index (Phi) is 13.4. The summed E-state index contributed by atoms with van der Waals surface area (Å²) in [6, 6.07) is 6.95. The third-order valence-electron chi connectivity index (χ3n) is 13.9. The molecule has 3 aliphatic heterocycles. The Hall–Kier alpha value is -12.6. The van der Waals surface area contributed by atoms with E-state index >= 15 is 0 Å². The molecule has 0 aliphatic carbocycles. The van der Waals surface area contributed by atoms with Crippen LogP contribution in [0.2, 0.25) is 0 Å². The maximum absolute atomic E-state index is 14.9. The van der Waals surface area contributed by atoms with Crippen molar-refractivity contribution in [3.8, 4) is 154 Å². The maximum Gasteiger partial charge on any atom is 0.403 e. The van der Waals surface area contributed by atoms with Gasteiger partial charge in [0.05, 0.1) is 45.0 Å². The maximum atomic E-state index is 14.9. The number of carbonyl (C=O) groups excluding carboxylic acids is 4. The zero-order valence-corrected chi connectivity index (χ0v) is 43.2. The number of aliphatic hydroxyl groups is 1. The topological polar surface area (TPSA) is 546 Å². The number of aromatic carboxylic acids is 1. The normalized spacial score (nSPS) is 17.5. The van der Waals surface area contributed by atoms with Crippen molar-refractivity contribution in [2.45, 2.75) is 30.7 Å². The summed E-state index contributed by atoms with van der Waals surface area (Å²) in [5.41, 5.74) is -9.47. The summed E-state index contributed by atoms with van der Waals surface area (Å²) in [7, 11) is 0. The van der Waals surface area contributed by atoms with E-state index in [1.165, 1.54) is 0 Å². The molecule has 0 radical (unpaired) electrons. The van der Waals surface area contributed by atoms with Crippen LogP contribution in [0.1, 0.15) is 51.8 Å². The SMILES string of the molecule is O=C(OC1[C@H](O)OC2COC(=O)c3cc(Oc4c(-c5cc(O)c(O)c(O)c5)[o+]c5cc(O)cc6c5c4-c4c(C(=O)O)cc(O)c(O)c4O6)c(O)c(O)c3-c3c(cc(O)c(O)c3O)C(=O)O[C@H]2[C@@H]1OC(=O)c1cc(O)c(O)c(O)c1)c1cc(O)c(O)c(O)c1. The standard InChI is InChI=1S/C56H36O32/c57-16-7-28-35-29(8-16)83-47-34(17(51(74)75)9-27(65)41(47)70)36(35)48(45(82-28)13-1-20(58)37(66)21(59)2-13)84-30-11-19-33(44(73)42(30)71)32-18(10-26(64)40(69)43(32)72)55(79)86-46-31(12-81-54(19)78)85-56(80)50(88-53(77)15-5-24(62)39(68)25(63)6-15)49(46)87-52(76)14-3-22(60)38(67)23(61)4-14/h1-11,31,46,49-50,56,80H,12H2,(H17-,57,58,59,60,61,62,63,64,65,66,67,68,69,70,71,72,73,74,75,76,77,78,79)/p+1/t31?,46-,49+,50?,56-/m1/s1. The quantitative estimate of drug-likeness (QED) is 0.0404. The van der Waals surface area contributed by atoms with Crippen molar-refractivity contribution >= 4 is 40.8 Å². The Bertz CT molecular complexity index is 4370. The Balaban J connectivity index is 1.10. The number of carbonyl (C=O) groups is 5. The third kappa shape index (κ3) is 9.21. The molecule has 0 bridgehead atoms. The number of esters is 4. The van der Waals surface area contributed by atoms with Gasteiger partial charge in [0.15, 0.2) is 111 Å². The minimum absolute atomic E-state index is 0.349. The van der Waals surface area contributed by atoms with Crippen LogP contribution in [0, 0.1) is 0 Å². The lowest BCUT2D eigenvalue weighted by atomic mass is 9.90. The molecule has 8 aromatic rings. The van der Waals surface area contributed by atoms with E-state index in [4.69, 9.17) is 37.6 Å². The van der Waals surface area contributed by atoms with Gasteiger partial charge in [-0.1, -0.05) is 0 Å². The van der Waals surface area contributed by atoms with Crippen LogP contribution in [0.3, 0.4) is 0 Å². The number of benzene rings is 7. The molecule has 88 heavy (non-hydrogen) atoms. The second kappa shape index (κ2) is 20.6. The van der Waals surface area contributed by atoms with Gasteiger partial charge in [-0.25, -0.2) is 28.4 Å². The largest absolute Gasteiger partial charge is 0.507 e. The molecule has 1 aromatic heterocycles. The van der Waals surface area contributed by atoms with Crippen LogP contribution in [0.25, 0.3) is 44.5 Å². The number of phenols is 17. The third-order valence-corrected chi connectivity index (χ3v) is 13.9. The van der Waals surface area contributed by atoms with Crippen LogP contribution >= 0.6 is 0 Å². The Labute approximate surface area is 484 Å². The van der Waals surface area contributed by atoms with E-state index in [1.54, 1.807) is 0 Å². The molecule has 452 valence electrons. The van der Waals surface area contributed by atoms with Gasteiger partial charge in [-0.3, -0.25) is 0 Å². The molecule has 32 nitrogen and oxygen atoms in total. The lowest BCUT2D eigenvalue weighted by molar-refractivity contribution is -0.284. The van der Waals surface area contributed by atoms with Crippen LogP contribution < -0.4 is 9.47 Å². The molecule has 11 rings (SSSR count). The van der Waals surface area contributed by atoms with Gasteiger partial charge in [-0.15, -0.1) is 0 Å². The average Bonchev–Trinajstić information content (AvgIpc) is 0.875. The highest BCUT2D eigenvalue weighted by Crippen LogP contribution is 2.62. The fourth-order valence-corrected chi connectivity index (χ4v) is 9.86. The first kappa shape index (κ1) is 57.2. The zero-order chi connectivity index (χ0) is 63.5. The summed E-state index contributed by atoms with van der Waals surface area (Å²) in [6.07, 6.45) is -12.2. The van der Waals surface area contributed by atoms with E-state index in [9.17, 15) is 121 Å². The van der Waals surface area contributed by atoms with Crippen molar-refractivity contribution in [1.29, 1.82) is 0 Å². The lowest BCUT2D eigenvalue weighted by Crippen LogP contribution is -2.62. The van der Waals surface area contributed by atoms with E-state index in [0.717, 1.165) is 24.3 Å². The smallest absolute Gasteiger partial charge is 0.403 e. The molecule has 0 spiro atoms. The van der Waals surface area contributed by atoms with Crippen molar-refractivity contribution in [3.05, 3.63) is 94.5 Å². The fraction of sp³-hybridized carbons (Fsp3) is 0.107. The predicted octanol–water partition coefficient (Wildman–Crippen LogP) is 5.17. The summed E-state index contributed by atoms with van der Waals surface area (Å²) < 4.78 is 46.2. The van der Waals surface area contributed by atoms with Gasteiger partial charge in [-0.2, -0.15) is 0 Å². The second-order valence-electron chi connectivity index (χ2n) is 19.3. The minimum atomic E-state index is -2.61. The first-order chi connectivity index (χ1) is 41.5. The Morgan fingerprint density at radius 2 is 1.03 bits per heavy atom. The predicted molar refractivity (Wildman–Crippen MR) is 280 cm³/mol. The van der Waals surface area contributed by atoms with Gasteiger partial charge in [0.25, 0.3) is 0 Å². The van der Waals surface area contributed by atoms with Crippen molar-refractivity contribution < 1.29 is 159 Å². The number of phenolic OH excluding ortho intramolecular Hbond substituents is 17. The summed E-state index contributed by atoms with van der Waals surface area (Å²) in [6.45, 7) is -1.33. The van der Waals surface area contributed by atoms with Gasteiger partial charge in [-0.05, 0) is 36.4 Å². The Morgan fingerprint density at radius 3 is 1.60 bits per heavy atom. The van der Waals surface area contributed by atoms with Gasteiger partial charge in [0.1, 0.15) is 29.6 Å². The molecule has 1 fully saturated rings. The number of carboxylic acids is 1. The number of rotatable bonds is 8. The Morgan fingerprint density at radius 1 is 0.523 bits per heavy atom. The van der Waals surface area contributed by atoms with Crippen LogP contribution in [0.4, 0.5) is 0 Å². The van der Waals surface area contributed by atoms with Crippen LogP contribution in [-0.2, 0) is 23.7 Å². The molecule has 32 heteroatoms. The monoisotopic (exact) mass is 1220 g/mol. The lowest BCUT2D eigenvalue weighted by Gasteiger charge is -2.42. The van der Waals surface area contributed by atoms with Gasteiger partial charge >= 0.3 is 41.2 Å². The molecule has 1 saturated heterocycles. The number of ether oxygens (including phenoxy) is 7. The molecular formula is C56H37O32+. The van der Waals surface area contributed by atoms with E-state index in [0.29, 0.717) is 42.5 Å². The number of carboxylic acid groups (broad SMARTS) is 1. The first-order valence-electron chi connectivity index (χ1n) is 24.7. The molecule has 0 saturated carbocycles. The average molecular weight is 1220 g/mol. The minimum Gasteiger partial charge on any atom is -0.507 e. The molecule has 0 amide bonds. The molecule has 3 aliphatic rings. The molecule has 5 atom stereocenters. The molecule has 7 aromatic carbocycles. The van der Waals surface area contributed by atoms with Crippen LogP contribution in [-0.4, -0.2) is 164 Å². The number of cyclic esters (lactones) is 1. The van der Waals surface area contributed by atoms with Crippen molar-refractivity contribution in [1.82, 2.24) is 0 Å². The molecule has 19 N–H and O–H groups in total. The highest BCUT2D eigenvalue weighted by molar-refractivity contribution is 6.13. The van der Waals surface area contributed by atoms with E-state index in [-0.39, 0.29) is 5.39 Å². The molecule has 2 unspecified atom stereocenters. The summed E-state index contributed by atoms with van der Waals surface area (Å²) in [4.78, 5) is 70.4. The number of hydrogen-bond acceptors (Lipinski definition) is 30. The number of aromatic hydroxyl groups is 17. The summed E-state index contributed by atoms with van der Waals surface area (Å²) in [5, 5.41) is 205. The van der Waals surface area contributed by atoms with Crippen molar-refractivity contribution in [2.24, 2.45) is 0 Å². The first-order valence-corrected chi connectivity index (χ1v) is 24.7. The fourth-order valence-electron chi connectivity index (χ4n) is 9.86. The molecule has 4 heterocycles. The van der Waals surface area contributed by atoms with Gasteiger partial charge < -0.3 is 130 Å². The van der Waals surface area contributed by atoms with Gasteiger partial charge in [0, 0.05) is 41.0 Å². The van der Waals surface area contributed by atoms with Crippen molar-refractivity contribution in [2.75, 3.05) is 6.61 Å². The zero-order valence-electron chi connectivity index (χ0n) is 43.2. The van der Waals surface area contributed by atoms with Gasteiger partial charge in [0.2, 0.25) is 23.0 Å². The summed E-state index contributed by atoms with van der Waals surface area (Å²) >= 11 is 0. The highest BCUT2D eigenvalue weighted by atomic mass is 16.7. The van der Waals surface area contributed by atoms with Crippen LogP contribution in [0.15, 0.2) is 71.1 Å². The van der Waals surface area contributed by atoms with E-state index in [1.807, 2.05) is 0 Å². The summed E-state index contributed by atoms with van der Waals surface area (Å²) in [5.74, 6) is -33.2. The number of fused-ring (bicyclic) bond motifs is 6. The highest BCUT2D eigenvalue weighted by Gasteiger charge is 2.54. The number of hydrogen-bond donors (Lipinski definition) is 19. The van der Waals surface area contributed by atoms with Crippen LogP contribution in [0.5, 0.6) is 121 Å². The van der Waals surface area contributed by atoms with Crippen molar-refractivity contribution in [3.63, 3.8) is 0 Å². The van der Waals surface area contributed by atoms with E-state index < -0.39 is 255 Å². The number of aliphatic hydroxyl groups excluding tert-OH is 1. The van der Waals surface area contributed by atoms with E-state index in [2.05, 4.69) is 0 Å². The second-order valence-corrected chi connectivity index (χ2v) is 19.3.